The molecule has 0 saturated heterocycles. The molecule has 0 unspecified atom stereocenters. The summed E-state index contributed by atoms with van der Waals surface area (Å²) in [7, 11) is 0. The number of aliphatic imine (C=N–C) groups is 1. The lowest BCUT2D eigenvalue weighted by Crippen LogP contribution is -2.33. The number of rotatable bonds is 7. The van der Waals surface area contributed by atoms with Gasteiger partial charge in [0.25, 0.3) is 0 Å². The predicted molar refractivity (Wildman–Crippen MR) is 118 cm³/mol. The molecule has 7 nitrogen and oxygen atoms in total. The lowest BCUT2D eigenvalue weighted by atomic mass is 10.1. The summed E-state index contributed by atoms with van der Waals surface area (Å²) in [6, 6.07) is 14.4. The van der Waals surface area contributed by atoms with Crippen LogP contribution in [-0.2, 0) is 13.0 Å². The molecule has 2 aromatic carbocycles. The number of anilines is 1. The normalized spacial score (nSPS) is 13.5. The third-order valence-corrected chi connectivity index (χ3v) is 4.81. The summed E-state index contributed by atoms with van der Waals surface area (Å²) in [5.41, 5.74) is 1.48. The molecule has 1 aliphatic rings. The summed E-state index contributed by atoms with van der Waals surface area (Å²) in [5, 5.41) is 10.8. The minimum absolute atomic E-state index is 0.207. The second kappa shape index (κ2) is 10.5. The number of nitrogens with one attached hydrogen (secondary N) is 2. The first-order valence-electron chi connectivity index (χ1n) is 10.4. The van der Waals surface area contributed by atoms with Gasteiger partial charge in [-0.3, -0.25) is 9.67 Å². The monoisotopic (exact) mass is 423 g/mol. The number of fused-ring (bicyclic) bond motifs is 1. The van der Waals surface area contributed by atoms with E-state index in [0.29, 0.717) is 56.5 Å². The van der Waals surface area contributed by atoms with Gasteiger partial charge in [-0.2, -0.15) is 5.10 Å². The molecule has 1 aromatic heterocycles. The number of hydrogen-bond acceptors (Lipinski definition) is 4. The zero-order chi connectivity index (χ0) is 21.3. The molecular weight excluding hydrogens is 397 g/mol. The Morgan fingerprint density at radius 1 is 1.10 bits per heavy atom. The summed E-state index contributed by atoms with van der Waals surface area (Å²) >= 11 is 0. The van der Waals surface area contributed by atoms with Crippen LogP contribution in [0, 0.1) is 5.82 Å². The molecule has 0 radical (unpaired) electrons. The van der Waals surface area contributed by atoms with Crippen LogP contribution in [0.5, 0.6) is 11.5 Å². The Hall–Kier alpha value is -3.55. The van der Waals surface area contributed by atoms with Gasteiger partial charge in [0.15, 0.2) is 17.5 Å². The molecular formula is C23H26FN5O2. The van der Waals surface area contributed by atoms with Gasteiger partial charge in [-0.15, -0.1) is 0 Å². The zero-order valence-corrected chi connectivity index (χ0v) is 17.3. The van der Waals surface area contributed by atoms with Gasteiger partial charge in [-0.1, -0.05) is 18.2 Å². The number of nitrogens with zero attached hydrogens (tertiary/aromatic N) is 3. The van der Waals surface area contributed by atoms with Gasteiger partial charge in [0.05, 0.1) is 19.8 Å². The highest BCUT2D eigenvalue weighted by Gasteiger charge is 2.11. The highest BCUT2D eigenvalue weighted by molar-refractivity contribution is 5.94. The summed E-state index contributed by atoms with van der Waals surface area (Å²) in [6.07, 6.45) is 5.03. The van der Waals surface area contributed by atoms with E-state index in [1.807, 2.05) is 41.2 Å². The highest BCUT2D eigenvalue weighted by atomic mass is 19.1. The summed E-state index contributed by atoms with van der Waals surface area (Å²) in [6.45, 7) is 3.06. The highest BCUT2D eigenvalue weighted by Crippen LogP contribution is 2.32. The van der Waals surface area contributed by atoms with E-state index in [1.54, 1.807) is 18.3 Å². The van der Waals surface area contributed by atoms with Gasteiger partial charge in [0.2, 0.25) is 0 Å². The van der Waals surface area contributed by atoms with Crippen molar-refractivity contribution in [3.63, 3.8) is 0 Å². The third-order valence-electron chi connectivity index (χ3n) is 4.81. The summed E-state index contributed by atoms with van der Waals surface area (Å²) in [4.78, 5) is 4.63. The fourth-order valence-electron chi connectivity index (χ4n) is 3.23. The zero-order valence-electron chi connectivity index (χ0n) is 17.3. The third kappa shape index (κ3) is 5.97. The van der Waals surface area contributed by atoms with Crippen LogP contribution in [0.4, 0.5) is 10.1 Å². The van der Waals surface area contributed by atoms with Crippen molar-refractivity contribution in [2.45, 2.75) is 19.4 Å². The Balaban J connectivity index is 1.43. The van der Waals surface area contributed by atoms with E-state index in [9.17, 15) is 4.39 Å². The van der Waals surface area contributed by atoms with Gasteiger partial charge in [-0.25, -0.2) is 4.39 Å². The second-order valence-electron chi connectivity index (χ2n) is 7.10. The Bertz CT molecular complexity index is 1010. The number of ether oxygens (including phenoxy) is 2. The topological polar surface area (TPSA) is 72.7 Å². The Kier molecular flexibility index (Phi) is 7.00. The van der Waals surface area contributed by atoms with E-state index in [1.165, 1.54) is 6.07 Å². The minimum Gasteiger partial charge on any atom is -0.490 e. The first kappa shape index (κ1) is 20.7. The predicted octanol–water partition coefficient (Wildman–Crippen LogP) is 3.48. The van der Waals surface area contributed by atoms with Crippen molar-refractivity contribution in [2.24, 2.45) is 4.99 Å². The van der Waals surface area contributed by atoms with Gasteiger partial charge in [0.1, 0.15) is 5.82 Å². The molecule has 162 valence electrons. The Labute approximate surface area is 180 Å². The molecule has 31 heavy (non-hydrogen) atoms. The van der Waals surface area contributed by atoms with Crippen molar-refractivity contribution in [2.75, 3.05) is 31.6 Å². The maximum atomic E-state index is 13.9. The standard InChI is InChI=1S/C23H26FN5O2/c24-20-6-2-1-5-18(20)9-11-25-23(26-12-14-29-13-3-10-27-29)28-19-7-8-21-22(17-19)31-16-4-15-30-21/h1-3,5-8,10,13,17H,4,9,11-12,14-16H2,(H2,25,26,28). The van der Waals surface area contributed by atoms with Crippen molar-refractivity contribution < 1.29 is 13.9 Å². The second-order valence-corrected chi connectivity index (χ2v) is 7.10. The SMILES string of the molecule is Fc1ccccc1CCN=C(NCCn1cccn1)Nc1ccc2c(c1)OCCCO2. The van der Waals surface area contributed by atoms with E-state index < -0.39 is 0 Å². The van der Waals surface area contributed by atoms with Crippen LogP contribution in [0.2, 0.25) is 0 Å². The Morgan fingerprint density at radius 2 is 1.97 bits per heavy atom. The molecule has 4 rings (SSSR count). The fourth-order valence-corrected chi connectivity index (χ4v) is 3.23. The summed E-state index contributed by atoms with van der Waals surface area (Å²) < 4.78 is 27.2. The van der Waals surface area contributed by atoms with Crippen molar-refractivity contribution in [3.05, 3.63) is 72.3 Å². The molecule has 0 amide bonds. The number of aromatic nitrogens is 2. The van der Waals surface area contributed by atoms with Crippen LogP contribution in [0.1, 0.15) is 12.0 Å². The van der Waals surface area contributed by atoms with Crippen molar-refractivity contribution >= 4 is 11.6 Å². The number of benzene rings is 2. The first-order valence-corrected chi connectivity index (χ1v) is 10.4. The van der Waals surface area contributed by atoms with E-state index in [-0.39, 0.29) is 5.82 Å². The lowest BCUT2D eigenvalue weighted by molar-refractivity contribution is 0.297. The van der Waals surface area contributed by atoms with E-state index >= 15 is 0 Å². The minimum atomic E-state index is -0.207. The van der Waals surface area contributed by atoms with Crippen molar-refractivity contribution in [3.8, 4) is 11.5 Å². The van der Waals surface area contributed by atoms with Crippen LogP contribution in [0.3, 0.4) is 0 Å². The van der Waals surface area contributed by atoms with Gasteiger partial charge in [0, 0.05) is 43.7 Å². The average molecular weight is 423 g/mol. The van der Waals surface area contributed by atoms with Crippen LogP contribution < -0.4 is 20.1 Å². The van der Waals surface area contributed by atoms with Crippen LogP contribution in [-0.4, -0.2) is 42.0 Å². The molecule has 0 fully saturated rings. The number of hydrogen-bond donors (Lipinski definition) is 2. The quantitative estimate of drug-likeness (QED) is 0.450. The van der Waals surface area contributed by atoms with Gasteiger partial charge in [-0.05, 0) is 36.2 Å². The molecule has 3 aromatic rings. The smallest absolute Gasteiger partial charge is 0.195 e. The summed E-state index contributed by atoms with van der Waals surface area (Å²) in [5.74, 6) is 1.86. The molecule has 0 saturated carbocycles. The van der Waals surface area contributed by atoms with Crippen molar-refractivity contribution in [1.29, 1.82) is 0 Å². The van der Waals surface area contributed by atoms with Crippen LogP contribution in [0.15, 0.2) is 65.9 Å². The van der Waals surface area contributed by atoms with Crippen LogP contribution in [0.25, 0.3) is 0 Å². The number of guanidine groups is 1. The van der Waals surface area contributed by atoms with Crippen molar-refractivity contribution in [1.82, 2.24) is 15.1 Å². The molecule has 2 N–H and O–H groups in total. The molecule has 0 aliphatic carbocycles. The largest absolute Gasteiger partial charge is 0.490 e. The maximum Gasteiger partial charge on any atom is 0.195 e. The van der Waals surface area contributed by atoms with Gasteiger partial charge < -0.3 is 20.1 Å². The van der Waals surface area contributed by atoms with E-state index in [0.717, 1.165) is 17.9 Å². The molecule has 2 heterocycles. The molecule has 0 spiro atoms. The maximum absolute atomic E-state index is 13.9. The molecule has 8 heteroatoms. The molecule has 1 aliphatic heterocycles. The lowest BCUT2D eigenvalue weighted by Gasteiger charge is -2.15. The fraction of sp³-hybridized carbons (Fsp3) is 0.304. The first-order chi connectivity index (χ1) is 15.3. The van der Waals surface area contributed by atoms with E-state index in [4.69, 9.17) is 9.47 Å². The average Bonchev–Trinajstić information content (AvgIpc) is 3.18. The molecule has 0 bridgehead atoms. The van der Waals surface area contributed by atoms with Crippen LogP contribution >= 0.6 is 0 Å². The van der Waals surface area contributed by atoms with E-state index in [2.05, 4.69) is 20.7 Å². The number of halogens is 1. The van der Waals surface area contributed by atoms with Gasteiger partial charge >= 0.3 is 0 Å². The molecule has 0 atom stereocenters. The Morgan fingerprint density at radius 3 is 2.81 bits per heavy atom.